The lowest BCUT2D eigenvalue weighted by atomic mass is 9.91. The van der Waals surface area contributed by atoms with Gasteiger partial charge in [0.05, 0.1) is 13.2 Å². The largest absolute Gasteiger partial charge is 0.493 e. The topological polar surface area (TPSA) is 44.5 Å². The van der Waals surface area contributed by atoms with Crippen LogP contribution < -0.4 is 10.6 Å². The minimum absolute atomic E-state index is 0.0201. The van der Waals surface area contributed by atoms with E-state index < -0.39 is 0 Å². The van der Waals surface area contributed by atoms with Crippen molar-refractivity contribution in [3.8, 4) is 5.75 Å². The number of ether oxygens (including phenoxy) is 1. The molecule has 0 spiro atoms. The van der Waals surface area contributed by atoms with Crippen molar-refractivity contribution >= 4 is 0 Å². The molecule has 0 amide bonds. The minimum atomic E-state index is -0.261. The summed E-state index contributed by atoms with van der Waals surface area (Å²) >= 11 is 0. The Morgan fingerprint density at radius 2 is 1.88 bits per heavy atom. The highest BCUT2D eigenvalue weighted by Gasteiger charge is 2.18. The first-order chi connectivity index (χ1) is 7.53. The number of rotatable bonds is 6. The second-order valence-electron chi connectivity index (χ2n) is 4.53. The summed E-state index contributed by atoms with van der Waals surface area (Å²) in [6, 6.07) is 5.99. The van der Waals surface area contributed by atoms with Crippen LogP contribution in [0.2, 0.25) is 0 Å². The fourth-order valence-corrected chi connectivity index (χ4v) is 1.22. The van der Waals surface area contributed by atoms with Gasteiger partial charge >= 0.3 is 0 Å². The van der Waals surface area contributed by atoms with Crippen molar-refractivity contribution in [1.29, 1.82) is 0 Å². The fourth-order valence-electron chi connectivity index (χ4n) is 1.22. The molecule has 0 aromatic heterocycles. The van der Waals surface area contributed by atoms with Gasteiger partial charge < -0.3 is 9.57 Å². The Labute approximate surface area is 95.3 Å². The molecule has 0 atom stereocenters. The van der Waals surface area contributed by atoms with E-state index in [1.165, 1.54) is 12.1 Å². The first kappa shape index (κ1) is 12.9. The molecule has 0 heterocycles. The molecule has 0 unspecified atom stereocenters. The lowest BCUT2D eigenvalue weighted by Crippen LogP contribution is -2.24. The summed E-state index contributed by atoms with van der Waals surface area (Å²) in [5.74, 6) is 5.39. The summed E-state index contributed by atoms with van der Waals surface area (Å²) in [7, 11) is 0. The Bertz CT molecular complexity index is 311. The highest BCUT2D eigenvalue weighted by Crippen LogP contribution is 2.22. The van der Waals surface area contributed by atoms with E-state index in [1.54, 1.807) is 12.1 Å². The minimum Gasteiger partial charge on any atom is -0.493 e. The Kier molecular flexibility index (Phi) is 4.71. The molecule has 0 saturated carbocycles. The van der Waals surface area contributed by atoms with Crippen LogP contribution in [0.4, 0.5) is 4.39 Å². The second-order valence-corrected chi connectivity index (χ2v) is 4.53. The highest BCUT2D eigenvalue weighted by atomic mass is 19.1. The zero-order valence-electron chi connectivity index (χ0n) is 9.70. The van der Waals surface area contributed by atoms with E-state index in [-0.39, 0.29) is 11.2 Å². The van der Waals surface area contributed by atoms with Gasteiger partial charge in [0.15, 0.2) is 0 Å². The highest BCUT2D eigenvalue weighted by molar-refractivity contribution is 5.22. The summed E-state index contributed by atoms with van der Waals surface area (Å²) in [4.78, 5) is 4.54. The molecule has 1 aromatic carbocycles. The van der Waals surface area contributed by atoms with Crippen LogP contribution in [0, 0.1) is 11.2 Å². The van der Waals surface area contributed by atoms with Crippen molar-refractivity contribution in [3.63, 3.8) is 0 Å². The number of hydrogen-bond donors (Lipinski definition) is 1. The SMILES string of the molecule is CC(C)(CCON)COc1ccc(F)cc1. The van der Waals surface area contributed by atoms with E-state index in [0.717, 1.165) is 6.42 Å². The molecule has 4 heteroatoms. The van der Waals surface area contributed by atoms with E-state index in [0.29, 0.717) is 19.0 Å². The zero-order chi connectivity index (χ0) is 12.0. The van der Waals surface area contributed by atoms with Crippen LogP contribution in [0.3, 0.4) is 0 Å². The molecule has 0 aliphatic heterocycles. The molecule has 0 aliphatic carbocycles. The summed E-state index contributed by atoms with van der Waals surface area (Å²) in [6.45, 7) is 5.17. The van der Waals surface area contributed by atoms with Crippen LogP contribution in [0.5, 0.6) is 5.75 Å². The number of nitrogens with two attached hydrogens (primary N) is 1. The van der Waals surface area contributed by atoms with Crippen molar-refractivity contribution in [3.05, 3.63) is 30.1 Å². The molecule has 0 bridgehead atoms. The zero-order valence-corrected chi connectivity index (χ0v) is 9.70. The Morgan fingerprint density at radius 3 is 2.44 bits per heavy atom. The average molecular weight is 227 g/mol. The Balaban J connectivity index is 2.41. The van der Waals surface area contributed by atoms with Crippen LogP contribution in [-0.2, 0) is 4.84 Å². The lowest BCUT2D eigenvalue weighted by molar-refractivity contribution is 0.0831. The fraction of sp³-hybridized carbons (Fsp3) is 0.500. The first-order valence-corrected chi connectivity index (χ1v) is 5.23. The first-order valence-electron chi connectivity index (χ1n) is 5.23. The number of hydrogen-bond acceptors (Lipinski definition) is 3. The predicted molar refractivity (Wildman–Crippen MR) is 60.4 cm³/mol. The van der Waals surface area contributed by atoms with Gasteiger partial charge in [-0.2, -0.15) is 0 Å². The van der Waals surface area contributed by atoms with E-state index in [4.69, 9.17) is 10.6 Å². The molecule has 3 nitrogen and oxygen atoms in total. The molecule has 1 aromatic rings. The van der Waals surface area contributed by atoms with Gasteiger partial charge in [0.1, 0.15) is 11.6 Å². The summed E-state index contributed by atoms with van der Waals surface area (Å²) in [5, 5.41) is 0. The van der Waals surface area contributed by atoms with Crippen molar-refractivity contribution in [1.82, 2.24) is 0 Å². The molecule has 0 saturated heterocycles. The second kappa shape index (κ2) is 5.82. The van der Waals surface area contributed by atoms with Gasteiger partial charge in [0.2, 0.25) is 0 Å². The van der Waals surface area contributed by atoms with Gasteiger partial charge in [-0.25, -0.2) is 10.3 Å². The molecular weight excluding hydrogens is 209 g/mol. The van der Waals surface area contributed by atoms with Crippen LogP contribution >= 0.6 is 0 Å². The predicted octanol–water partition coefficient (Wildman–Crippen LogP) is 2.51. The van der Waals surface area contributed by atoms with Crippen LogP contribution in [0.1, 0.15) is 20.3 Å². The van der Waals surface area contributed by atoms with Crippen molar-refractivity contribution in [2.24, 2.45) is 11.3 Å². The van der Waals surface area contributed by atoms with Gasteiger partial charge in [-0.05, 0) is 30.7 Å². The normalized spacial score (nSPS) is 11.5. The van der Waals surface area contributed by atoms with Crippen molar-refractivity contribution < 1.29 is 14.0 Å². The van der Waals surface area contributed by atoms with Gasteiger partial charge in [0.25, 0.3) is 0 Å². The third kappa shape index (κ3) is 4.59. The maximum Gasteiger partial charge on any atom is 0.123 e. The monoisotopic (exact) mass is 227 g/mol. The smallest absolute Gasteiger partial charge is 0.123 e. The lowest BCUT2D eigenvalue weighted by Gasteiger charge is -2.24. The van der Waals surface area contributed by atoms with Gasteiger partial charge in [-0.3, -0.25) is 0 Å². The Hall–Kier alpha value is -1.13. The van der Waals surface area contributed by atoms with Crippen LogP contribution in [0.15, 0.2) is 24.3 Å². The summed E-state index contributed by atoms with van der Waals surface area (Å²) in [6.07, 6.45) is 0.810. The molecule has 16 heavy (non-hydrogen) atoms. The van der Waals surface area contributed by atoms with E-state index in [2.05, 4.69) is 18.7 Å². The van der Waals surface area contributed by atoms with Gasteiger partial charge in [-0.1, -0.05) is 13.8 Å². The van der Waals surface area contributed by atoms with E-state index in [9.17, 15) is 4.39 Å². The van der Waals surface area contributed by atoms with Crippen LogP contribution in [0.25, 0.3) is 0 Å². The molecule has 0 aliphatic rings. The van der Waals surface area contributed by atoms with Crippen molar-refractivity contribution in [2.75, 3.05) is 13.2 Å². The summed E-state index contributed by atoms with van der Waals surface area (Å²) < 4.78 is 18.2. The molecule has 0 radical (unpaired) electrons. The van der Waals surface area contributed by atoms with Gasteiger partial charge in [-0.15, -0.1) is 0 Å². The average Bonchev–Trinajstić information content (AvgIpc) is 2.26. The van der Waals surface area contributed by atoms with Crippen LogP contribution in [-0.4, -0.2) is 13.2 Å². The molecule has 2 N–H and O–H groups in total. The quantitative estimate of drug-likeness (QED) is 0.759. The maximum absolute atomic E-state index is 12.6. The standard InChI is InChI=1S/C12H18FNO2/c1-12(2,7-8-16-14)9-15-11-5-3-10(13)4-6-11/h3-6H,7-9,14H2,1-2H3. The molecular formula is C12H18FNO2. The van der Waals surface area contributed by atoms with Crippen molar-refractivity contribution in [2.45, 2.75) is 20.3 Å². The number of benzene rings is 1. The maximum atomic E-state index is 12.6. The third-order valence-corrected chi connectivity index (χ3v) is 2.34. The van der Waals surface area contributed by atoms with Gasteiger partial charge in [0, 0.05) is 5.41 Å². The molecule has 0 fully saturated rings. The summed E-state index contributed by atoms with van der Waals surface area (Å²) in [5.41, 5.74) is -0.0201. The van der Waals surface area contributed by atoms with E-state index in [1.807, 2.05) is 0 Å². The third-order valence-electron chi connectivity index (χ3n) is 2.34. The Morgan fingerprint density at radius 1 is 1.25 bits per heavy atom. The number of halogens is 1. The van der Waals surface area contributed by atoms with E-state index >= 15 is 0 Å². The molecule has 1 rings (SSSR count). The molecule has 90 valence electrons.